The van der Waals surface area contributed by atoms with Crippen LogP contribution in [0.25, 0.3) is 5.57 Å². The van der Waals surface area contributed by atoms with Crippen molar-refractivity contribution in [2.24, 2.45) is 0 Å². The molecule has 0 radical (unpaired) electrons. The molecule has 1 aromatic rings. The molecule has 0 spiro atoms. The zero-order valence-electron chi connectivity index (χ0n) is 9.55. The normalized spacial score (nSPS) is 15.1. The SMILES string of the molecule is CCOC1=C(CC)c2ccccc2CC1. The van der Waals surface area contributed by atoms with Crippen molar-refractivity contribution >= 4 is 5.57 Å². The van der Waals surface area contributed by atoms with E-state index in [1.807, 2.05) is 0 Å². The fourth-order valence-corrected chi connectivity index (χ4v) is 2.30. The van der Waals surface area contributed by atoms with Gasteiger partial charge >= 0.3 is 0 Å². The Balaban J connectivity index is 2.43. The molecule has 0 atom stereocenters. The first-order valence-corrected chi connectivity index (χ1v) is 5.80. The van der Waals surface area contributed by atoms with Crippen molar-refractivity contribution in [3.63, 3.8) is 0 Å². The minimum Gasteiger partial charge on any atom is -0.498 e. The maximum Gasteiger partial charge on any atom is 0.100 e. The van der Waals surface area contributed by atoms with E-state index in [0.717, 1.165) is 25.9 Å². The first kappa shape index (κ1) is 10.3. The third kappa shape index (κ3) is 1.92. The largest absolute Gasteiger partial charge is 0.498 e. The summed E-state index contributed by atoms with van der Waals surface area (Å²) in [7, 11) is 0. The lowest BCUT2D eigenvalue weighted by molar-refractivity contribution is 0.218. The van der Waals surface area contributed by atoms with Crippen molar-refractivity contribution < 1.29 is 4.74 Å². The predicted molar refractivity (Wildman–Crippen MR) is 63.6 cm³/mol. The molecule has 80 valence electrons. The second kappa shape index (κ2) is 4.52. The summed E-state index contributed by atoms with van der Waals surface area (Å²) in [6.07, 6.45) is 3.25. The Morgan fingerprint density at radius 3 is 2.67 bits per heavy atom. The molecule has 1 aliphatic rings. The highest BCUT2D eigenvalue weighted by molar-refractivity contribution is 5.71. The molecule has 1 heteroatoms. The van der Waals surface area contributed by atoms with Crippen molar-refractivity contribution in [2.45, 2.75) is 33.1 Å². The molecule has 0 heterocycles. The maximum absolute atomic E-state index is 5.72. The van der Waals surface area contributed by atoms with Gasteiger partial charge in [0.05, 0.1) is 6.61 Å². The van der Waals surface area contributed by atoms with Gasteiger partial charge in [-0.1, -0.05) is 31.2 Å². The molecule has 1 aliphatic carbocycles. The van der Waals surface area contributed by atoms with E-state index in [9.17, 15) is 0 Å². The fourth-order valence-electron chi connectivity index (χ4n) is 2.30. The van der Waals surface area contributed by atoms with Crippen LogP contribution in [0.2, 0.25) is 0 Å². The molecule has 0 saturated carbocycles. The summed E-state index contributed by atoms with van der Waals surface area (Å²) in [5, 5.41) is 0. The molecule has 0 fully saturated rings. The number of benzene rings is 1. The van der Waals surface area contributed by atoms with E-state index in [4.69, 9.17) is 4.74 Å². The van der Waals surface area contributed by atoms with Crippen LogP contribution in [-0.4, -0.2) is 6.61 Å². The summed E-state index contributed by atoms with van der Waals surface area (Å²) < 4.78 is 5.72. The molecular formula is C14H18O. The van der Waals surface area contributed by atoms with E-state index >= 15 is 0 Å². The lowest BCUT2D eigenvalue weighted by atomic mass is 9.88. The number of ether oxygens (including phenoxy) is 1. The van der Waals surface area contributed by atoms with Gasteiger partial charge in [-0.05, 0) is 36.5 Å². The van der Waals surface area contributed by atoms with Gasteiger partial charge in [-0.3, -0.25) is 0 Å². The molecular weight excluding hydrogens is 184 g/mol. The van der Waals surface area contributed by atoms with Crippen LogP contribution in [0.3, 0.4) is 0 Å². The summed E-state index contributed by atoms with van der Waals surface area (Å²) in [5.41, 5.74) is 4.27. The molecule has 0 saturated heterocycles. The number of hydrogen-bond donors (Lipinski definition) is 0. The third-order valence-corrected chi connectivity index (χ3v) is 2.97. The van der Waals surface area contributed by atoms with Crippen LogP contribution in [0.15, 0.2) is 30.0 Å². The van der Waals surface area contributed by atoms with Gasteiger partial charge in [0.2, 0.25) is 0 Å². The molecule has 2 rings (SSSR count). The predicted octanol–water partition coefficient (Wildman–Crippen LogP) is 3.79. The average Bonchev–Trinajstić information content (AvgIpc) is 2.29. The number of aryl methyl sites for hydroxylation is 1. The van der Waals surface area contributed by atoms with Crippen molar-refractivity contribution in [1.82, 2.24) is 0 Å². The van der Waals surface area contributed by atoms with Gasteiger partial charge in [-0.15, -0.1) is 0 Å². The number of allylic oxidation sites excluding steroid dienone is 2. The Hall–Kier alpha value is -1.24. The van der Waals surface area contributed by atoms with Crippen LogP contribution in [0, 0.1) is 0 Å². The second-order valence-electron chi connectivity index (χ2n) is 3.85. The highest BCUT2D eigenvalue weighted by Crippen LogP contribution is 2.33. The molecule has 0 amide bonds. The molecule has 0 bridgehead atoms. The topological polar surface area (TPSA) is 9.23 Å². The zero-order chi connectivity index (χ0) is 10.7. The minimum atomic E-state index is 0.779. The minimum absolute atomic E-state index is 0.779. The zero-order valence-corrected chi connectivity index (χ0v) is 9.55. The average molecular weight is 202 g/mol. The highest BCUT2D eigenvalue weighted by Gasteiger charge is 2.17. The molecule has 0 aliphatic heterocycles. The molecule has 1 aromatic carbocycles. The Morgan fingerprint density at radius 2 is 1.93 bits per heavy atom. The van der Waals surface area contributed by atoms with Crippen LogP contribution < -0.4 is 0 Å². The van der Waals surface area contributed by atoms with Crippen molar-refractivity contribution in [2.75, 3.05) is 6.61 Å². The summed E-state index contributed by atoms with van der Waals surface area (Å²) >= 11 is 0. The quantitative estimate of drug-likeness (QED) is 0.724. The van der Waals surface area contributed by atoms with Crippen molar-refractivity contribution in [3.8, 4) is 0 Å². The second-order valence-corrected chi connectivity index (χ2v) is 3.85. The monoisotopic (exact) mass is 202 g/mol. The van der Waals surface area contributed by atoms with Gasteiger partial charge in [0.25, 0.3) is 0 Å². The Kier molecular flexibility index (Phi) is 3.10. The summed E-state index contributed by atoms with van der Waals surface area (Å²) in [6, 6.07) is 8.68. The molecule has 1 nitrogen and oxygen atoms in total. The summed E-state index contributed by atoms with van der Waals surface area (Å²) in [4.78, 5) is 0. The first-order chi connectivity index (χ1) is 7.36. The van der Waals surface area contributed by atoms with Gasteiger partial charge in [0.1, 0.15) is 5.76 Å². The van der Waals surface area contributed by atoms with E-state index in [0.29, 0.717) is 0 Å². The maximum atomic E-state index is 5.72. The van der Waals surface area contributed by atoms with E-state index in [1.54, 1.807) is 0 Å². The highest BCUT2D eigenvalue weighted by atomic mass is 16.5. The van der Waals surface area contributed by atoms with Crippen LogP contribution in [0.5, 0.6) is 0 Å². The van der Waals surface area contributed by atoms with Gasteiger partial charge in [0, 0.05) is 6.42 Å². The van der Waals surface area contributed by atoms with Gasteiger partial charge in [-0.25, -0.2) is 0 Å². The van der Waals surface area contributed by atoms with E-state index < -0.39 is 0 Å². The molecule has 0 N–H and O–H groups in total. The van der Waals surface area contributed by atoms with Crippen LogP contribution in [-0.2, 0) is 11.2 Å². The van der Waals surface area contributed by atoms with E-state index in [2.05, 4.69) is 38.1 Å². The Morgan fingerprint density at radius 1 is 1.13 bits per heavy atom. The van der Waals surface area contributed by atoms with E-state index in [1.165, 1.54) is 22.5 Å². The Bertz CT molecular complexity index is 377. The summed E-state index contributed by atoms with van der Waals surface area (Å²) in [5.74, 6) is 1.21. The number of hydrogen-bond acceptors (Lipinski definition) is 1. The molecule has 0 unspecified atom stereocenters. The van der Waals surface area contributed by atoms with Gasteiger partial charge in [0.15, 0.2) is 0 Å². The van der Waals surface area contributed by atoms with Crippen molar-refractivity contribution in [1.29, 1.82) is 0 Å². The fraction of sp³-hybridized carbons (Fsp3) is 0.429. The number of rotatable bonds is 3. The Labute approximate surface area is 91.8 Å². The van der Waals surface area contributed by atoms with Gasteiger partial charge in [-0.2, -0.15) is 0 Å². The van der Waals surface area contributed by atoms with Gasteiger partial charge < -0.3 is 4.74 Å². The first-order valence-electron chi connectivity index (χ1n) is 5.80. The summed E-state index contributed by atoms with van der Waals surface area (Å²) in [6.45, 7) is 5.04. The van der Waals surface area contributed by atoms with Crippen LogP contribution in [0.4, 0.5) is 0 Å². The standard InChI is InChI=1S/C14H18O/c1-3-12-13-8-6-5-7-11(13)9-10-14(12)15-4-2/h5-8H,3-4,9-10H2,1-2H3. The molecule has 0 aromatic heterocycles. The molecule has 15 heavy (non-hydrogen) atoms. The van der Waals surface area contributed by atoms with Crippen molar-refractivity contribution in [3.05, 3.63) is 41.2 Å². The third-order valence-electron chi connectivity index (χ3n) is 2.97. The smallest absolute Gasteiger partial charge is 0.100 e. The number of fused-ring (bicyclic) bond motifs is 1. The van der Waals surface area contributed by atoms with E-state index in [-0.39, 0.29) is 0 Å². The lowest BCUT2D eigenvalue weighted by Gasteiger charge is -2.22. The van der Waals surface area contributed by atoms with Crippen LogP contribution in [0.1, 0.15) is 37.8 Å². The van der Waals surface area contributed by atoms with Crippen LogP contribution >= 0.6 is 0 Å². The lowest BCUT2D eigenvalue weighted by Crippen LogP contribution is -2.07.